The lowest BCUT2D eigenvalue weighted by molar-refractivity contribution is 0.0981. The van der Waals surface area contributed by atoms with Crippen molar-refractivity contribution in [2.75, 3.05) is 9.62 Å². The average Bonchev–Trinajstić information content (AvgIpc) is 3.05. The summed E-state index contributed by atoms with van der Waals surface area (Å²) in [7, 11) is -4.00. The van der Waals surface area contributed by atoms with Crippen LogP contribution >= 0.6 is 11.6 Å². The number of carbonyl (C=O) groups is 1. The van der Waals surface area contributed by atoms with Gasteiger partial charge >= 0.3 is 0 Å². The number of nitrogens with zero attached hydrogens (tertiary/aromatic N) is 1. The number of para-hydroxylation sites is 1. The fourth-order valence-electron chi connectivity index (χ4n) is 3.57. The van der Waals surface area contributed by atoms with Gasteiger partial charge in [-0.1, -0.05) is 29.8 Å². The Kier molecular flexibility index (Phi) is 5.26. The van der Waals surface area contributed by atoms with Gasteiger partial charge in [-0.2, -0.15) is 0 Å². The van der Waals surface area contributed by atoms with Crippen molar-refractivity contribution in [3.05, 3.63) is 88.7 Å². The molecular weight excluding hydrogens is 427 g/mol. The van der Waals surface area contributed by atoms with E-state index in [4.69, 9.17) is 11.6 Å². The van der Waals surface area contributed by atoms with Crippen LogP contribution in [-0.2, 0) is 16.4 Å². The van der Waals surface area contributed by atoms with Crippen LogP contribution in [0, 0.1) is 5.82 Å². The first-order chi connectivity index (χ1) is 14.3. The van der Waals surface area contributed by atoms with Crippen LogP contribution in [0.4, 0.5) is 15.8 Å². The van der Waals surface area contributed by atoms with Crippen LogP contribution in [0.3, 0.4) is 0 Å². The minimum Gasteiger partial charge on any atom is -0.305 e. The highest BCUT2D eigenvalue weighted by Gasteiger charge is 2.31. The summed E-state index contributed by atoms with van der Waals surface area (Å²) in [5.41, 5.74) is 2.31. The van der Waals surface area contributed by atoms with Gasteiger partial charge in [-0.3, -0.25) is 9.52 Å². The lowest BCUT2D eigenvalue weighted by Crippen LogP contribution is -2.35. The molecule has 0 aromatic heterocycles. The number of carbonyl (C=O) groups excluding carboxylic acids is 1. The minimum atomic E-state index is -4.00. The van der Waals surface area contributed by atoms with E-state index in [1.165, 1.54) is 12.1 Å². The van der Waals surface area contributed by atoms with E-state index in [1.807, 2.05) is 31.2 Å². The summed E-state index contributed by atoms with van der Waals surface area (Å²) < 4.78 is 40.8. The summed E-state index contributed by atoms with van der Waals surface area (Å²) in [6, 6.07) is 16.6. The molecular formula is C22H18ClFN2O3S. The maximum Gasteiger partial charge on any atom is 0.261 e. The lowest BCUT2D eigenvalue weighted by atomic mass is 10.1. The van der Waals surface area contributed by atoms with Gasteiger partial charge in [0.25, 0.3) is 15.9 Å². The molecule has 0 bridgehead atoms. The van der Waals surface area contributed by atoms with Crippen molar-refractivity contribution >= 4 is 38.9 Å². The maximum absolute atomic E-state index is 13.2. The van der Waals surface area contributed by atoms with E-state index in [0.717, 1.165) is 41.9 Å². The number of hydrogen-bond acceptors (Lipinski definition) is 3. The van der Waals surface area contributed by atoms with E-state index in [2.05, 4.69) is 4.72 Å². The van der Waals surface area contributed by atoms with Gasteiger partial charge in [0.2, 0.25) is 0 Å². The van der Waals surface area contributed by atoms with E-state index in [1.54, 1.807) is 11.0 Å². The molecule has 1 heterocycles. The average molecular weight is 445 g/mol. The number of halogens is 2. The first kappa shape index (κ1) is 20.4. The molecule has 0 radical (unpaired) electrons. The molecule has 3 aromatic rings. The molecule has 0 fully saturated rings. The Morgan fingerprint density at radius 2 is 1.80 bits per heavy atom. The van der Waals surface area contributed by atoms with Gasteiger partial charge in [0, 0.05) is 17.3 Å². The summed E-state index contributed by atoms with van der Waals surface area (Å²) >= 11 is 6.18. The number of amides is 1. The molecule has 1 aliphatic rings. The van der Waals surface area contributed by atoms with Gasteiger partial charge < -0.3 is 4.90 Å². The second-order valence-corrected chi connectivity index (χ2v) is 9.20. The van der Waals surface area contributed by atoms with Crippen LogP contribution in [0.25, 0.3) is 0 Å². The van der Waals surface area contributed by atoms with Crippen LogP contribution in [-0.4, -0.2) is 20.4 Å². The summed E-state index contributed by atoms with van der Waals surface area (Å²) in [4.78, 5) is 14.8. The third-order valence-corrected chi connectivity index (χ3v) is 6.72. The molecule has 8 heteroatoms. The number of fused-ring (bicyclic) bond motifs is 1. The Bertz CT molecular complexity index is 1230. The van der Waals surface area contributed by atoms with Crippen molar-refractivity contribution in [2.24, 2.45) is 0 Å². The van der Waals surface area contributed by atoms with Crippen LogP contribution in [0.5, 0.6) is 0 Å². The normalized spacial score (nSPS) is 15.7. The summed E-state index contributed by atoms with van der Waals surface area (Å²) in [5, 5.41) is 0.145. The molecule has 5 nitrogen and oxygen atoms in total. The topological polar surface area (TPSA) is 66.5 Å². The molecule has 3 aromatic carbocycles. The van der Waals surface area contributed by atoms with E-state index in [-0.39, 0.29) is 27.6 Å². The first-order valence-corrected chi connectivity index (χ1v) is 11.1. The minimum absolute atomic E-state index is 0.0232. The third kappa shape index (κ3) is 3.78. The van der Waals surface area contributed by atoms with Gasteiger partial charge in [0.1, 0.15) is 5.82 Å². The molecule has 0 aliphatic carbocycles. The molecule has 1 atom stereocenters. The lowest BCUT2D eigenvalue weighted by Gasteiger charge is -2.23. The first-order valence-electron chi connectivity index (χ1n) is 9.25. The third-order valence-electron chi connectivity index (χ3n) is 5.01. The van der Waals surface area contributed by atoms with E-state index < -0.39 is 15.8 Å². The Morgan fingerprint density at radius 1 is 1.10 bits per heavy atom. The fourth-order valence-corrected chi connectivity index (χ4v) is 4.86. The van der Waals surface area contributed by atoms with Gasteiger partial charge in [-0.15, -0.1) is 0 Å². The standard InChI is InChI=1S/C22H18ClFN2O3S/c1-14-12-15-4-2-3-5-21(15)26(14)22(27)16-6-11-19(23)20(13-16)25-30(28,29)18-9-7-17(24)8-10-18/h2-11,13-14,25H,12H2,1H3/t14-/m0/s1. The Balaban J connectivity index is 1.65. The predicted molar refractivity (Wildman–Crippen MR) is 115 cm³/mol. The smallest absolute Gasteiger partial charge is 0.261 e. The summed E-state index contributed by atoms with van der Waals surface area (Å²) in [5.74, 6) is -0.786. The van der Waals surface area contributed by atoms with E-state index >= 15 is 0 Å². The molecule has 0 saturated heterocycles. The predicted octanol–water partition coefficient (Wildman–Crippen LogP) is 4.87. The van der Waals surface area contributed by atoms with Crippen LogP contribution in [0.1, 0.15) is 22.8 Å². The molecule has 1 aliphatic heterocycles. The zero-order valence-corrected chi connectivity index (χ0v) is 17.5. The van der Waals surface area contributed by atoms with Gasteiger partial charge in [0.15, 0.2) is 0 Å². The van der Waals surface area contributed by atoms with Crippen molar-refractivity contribution in [3.63, 3.8) is 0 Å². The number of benzene rings is 3. The summed E-state index contributed by atoms with van der Waals surface area (Å²) in [6.07, 6.45) is 0.750. The highest BCUT2D eigenvalue weighted by atomic mass is 35.5. The largest absolute Gasteiger partial charge is 0.305 e. The quantitative estimate of drug-likeness (QED) is 0.624. The van der Waals surface area contributed by atoms with Gasteiger partial charge in [0.05, 0.1) is 15.6 Å². The maximum atomic E-state index is 13.2. The van der Waals surface area contributed by atoms with Gasteiger partial charge in [-0.05, 0) is 67.4 Å². The number of rotatable bonds is 4. The molecule has 0 unspecified atom stereocenters. The molecule has 0 saturated carbocycles. The Morgan fingerprint density at radius 3 is 2.53 bits per heavy atom. The van der Waals surface area contributed by atoms with Crippen molar-refractivity contribution in [2.45, 2.75) is 24.3 Å². The van der Waals surface area contributed by atoms with Gasteiger partial charge in [-0.25, -0.2) is 12.8 Å². The van der Waals surface area contributed by atoms with Crippen LogP contribution in [0.2, 0.25) is 5.02 Å². The fraction of sp³-hybridized carbons (Fsp3) is 0.136. The second-order valence-electron chi connectivity index (χ2n) is 7.11. The molecule has 154 valence electrons. The summed E-state index contributed by atoms with van der Waals surface area (Å²) in [6.45, 7) is 1.96. The number of nitrogens with one attached hydrogen (secondary N) is 1. The Labute approximate surface area is 179 Å². The zero-order valence-electron chi connectivity index (χ0n) is 16.0. The molecule has 30 heavy (non-hydrogen) atoms. The van der Waals surface area contributed by atoms with Crippen LogP contribution < -0.4 is 9.62 Å². The highest BCUT2D eigenvalue weighted by Crippen LogP contribution is 2.34. The monoisotopic (exact) mass is 444 g/mol. The van der Waals surface area contributed by atoms with Crippen molar-refractivity contribution in [1.82, 2.24) is 0 Å². The van der Waals surface area contributed by atoms with Crippen molar-refractivity contribution in [1.29, 1.82) is 0 Å². The Hall–Kier alpha value is -2.90. The number of hydrogen-bond donors (Lipinski definition) is 1. The second kappa shape index (κ2) is 7.74. The number of anilines is 2. The number of sulfonamides is 1. The van der Waals surface area contributed by atoms with Crippen molar-refractivity contribution in [3.8, 4) is 0 Å². The van der Waals surface area contributed by atoms with E-state index in [0.29, 0.717) is 5.56 Å². The molecule has 0 spiro atoms. The van der Waals surface area contributed by atoms with Crippen molar-refractivity contribution < 1.29 is 17.6 Å². The van der Waals surface area contributed by atoms with Crippen LogP contribution in [0.15, 0.2) is 71.6 Å². The molecule has 4 rings (SSSR count). The van der Waals surface area contributed by atoms with E-state index in [9.17, 15) is 17.6 Å². The highest BCUT2D eigenvalue weighted by molar-refractivity contribution is 7.92. The zero-order chi connectivity index (χ0) is 21.5. The SMILES string of the molecule is C[C@H]1Cc2ccccc2N1C(=O)c1ccc(Cl)c(NS(=O)(=O)c2ccc(F)cc2)c1. The molecule has 1 N–H and O–H groups in total. The molecule has 1 amide bonds.